The van der Waals surface area contributed by atoms with Crippen molar-refractivity contribution in [1.29, 1.82) is 0 Å². The molecule has 0 amide bonds. The topological polar surface area (TPSA) is 260 Å². The largest absolute Gasteiger partial charge is 0.508 e. The van der Waals surface area contributed by atoms with E-state index in [0.717, 1.165) is 169 Å². The van der Waals surface area contributed by atoms with Crippen molar-refractivity contribution < 1.29 is 66.1 Å². The predicted octanol–water partition coefficient (Wildman–Crippen LogP) is 21.1. The Hall–Kier alpha value is -5.83. The highest BCUT2D eigenvalue weighted by Gasteiger charge is 2.57. The molecule has 20 fully saturated rings. The van der Waals surface area contributed by atoms with Gasteiger partial charge in [0.1, 0.15) is 46.5 Å². The second kappa shape index (κ2) is 33.4. The van der Waals surface area contributed by atoms with E-state index >= 15 is 0 Å². The van der Waals surface area contributed by atoms with Crippen molar-refractivity contribution in [2.75, 3.05) is 33.0 Å². The van der Waals surface area contributed by atoms with Crippen molar-refractivity contribution in [2.45, 2.75) is 297 Å². The van der Waals surface area contributed by atoms with Crippen LogP contribution in [-0.4, -0.2) is 101 Å². The molecule has 0 aliphatic heterocycles. The maximum absolute atomic E-state index is 11.4. The van der Waals surface area contributed by atoms with Gasteiger partial charge < -0.3 is 61.3 Å². The van der Waals surface area contributed by atoms with Crippen LogP contribution in [0.5, 0.6) is 40.2 Å². The van der Waals surface area contributed by atoms with Gasteiger partial charge in [-0.2, -0.15) is 0 Å². The van der Waals surface area contributed by atoms with Crippen LogP contribution in [0.4, 0.5) is 0 Å². The Morgan fingerprint density at radius 3 is 0.923 bits per heavy atom. The van der Waals surface area contributed by atoms with Crippen molar-refractivity contribution >= 4 is 6.29 Å². The minimum Gasteiger partial charge on any atom is -0.508 e. The van der Waals surface area contributed by atoms with Crippen LogP contribution in [-0.2, 0) is 26.5 Å². The number of benzene rings is 4. The Labute approximate surface area is 698 Å². The van der Waals surface area contributed by atoms with Crippen LogP contribution in [0.3, 0.4) is 0 Å². The summed E-state index contributed by atoms with van der Waals surface area (Å²) < 4.78 is 0. The molecule has 24 rings (SSSR count). The molecule has 0 aromatic heterocycles. The van der Waals surface area contributed by atoms with Crippen LogP contribution in [0, 0.1) is 124 Å². The summed E-state index contributed by atoms with van der Waals surface area (Å²) in [5, 5.41) is 126. The Kier molecular flexibility index (Phi) is 23.8. The maximum atomic E-state index is 11.4. The Bertz CT molecular complexity index is 4080. The summed E-state index contributed by atoms with van der Waals surface area (Å²) >= 11 is 0. The molecule has 4 aromatic carbocycles. The number of carbonyl (C=O) groups is 1. The summed E-state index contributed by atoms with van der Waals surface area (Å²) in [7, 11) is 0. The molecule has 12 N–H and O–H groups in total. The number of carbonyl (C=O) groups excluding carboxylic acids is 1. The van der Waals surface area contributed by atoms with Crippen LogP contribution < -0.4 is 0 Å². The van der Waals surface area contributed by atoms with Crippen LogP contribution >= 0.6 is 0 Å². The number of phenols is 7. The third-order valence-corrected chi connectivity index (χ3v) is 36.3. The number of aliphatic hydroxyl groups excluding tert-OH is 5. The summed E-state index contributed by atoms with van der Waals surface area (Å²) in [6.45, 7) is 19.4. The number of rotatable bonds is 18. The number of hydrogen-bond acceptors (Lipinski definition) is 13. The molecule has 13 nitrogen and oxygen atoms in total. The van der Waals surface area contributed by atoms with Gasteiger partial charge in [0.15, 0.2) is 0 Å². The van der Waals surface area contributed by atoms with Crippen molar-refractivity contribution in [3.63, 3.8) is 0 Å². The Morgan fingerprint density at radius 1 is 0.350 bits per heavy atom. The third-order valence-electron chi connectivity index (χ3n) is 36.3. The number of aldehydes is 1. The molecule has 13 heteroatoms. The van der Waals surface area contributed by atoms with E-state index in [1.54, 1.807) is 0 Å². The van der Waals surface area contributed by atoms with Gasteiger partial charge in [0.2, 0.25) is 0 Å². The van der Waals surface area contributed by atoms with Crippen molar-refractivity contribution in [3.8, 4) is 40.2 Å². The van der Waals surface area contributed by atoms with E-state index in [0.29, 0.717) is 75.9 Å². The second-order valence-corrected chi connectivity index (χ2v) is 44.3. The Morgan fingerprint density at radius 2 is 0.624 bits per heavy atom. The van der Waals surface area contributed by atoms with Gasteiger partial charge in [-0.15, -0.1) is 0 Å². The van der Waals surface area contributed by atoms with Crippen molar-refractivity contribution in [3.05, 3.63) is 136 Å². The highest BCUT2D eigenvalue weighted by atomic mass is 16.3. The van der Waals surface area contributed by atoms with Gasteiger partial charge in [-0.3, -0.25) is 4.79 Å². The van der Waals surface area contributed by atoms with Gasteiger partial charge >= 0.3 is 0 Å². The van der Waals surface area contributed by atoms with E-state index in [9.17, 15) is 66.1 Å². The lowest BCUT2D eigenvalue weighted by Gasteiger charge is -2.57. The van der Waals surface area contributed by atoms with Gasteiger partial charge in [0, 0.05) is 43.1 Å². The first-order valence-electron chi connectivity index (χ1n) is 47.2. The lowest BCUT2D eigenvalue weighted by molar-refractivity contribution is -0.105. The van der Waals surface area contributed by atoms with E-state index < -0.39 is 0 Å². The van der Waals surface area contributed by atoms with Gasteiger partial charge in [-0.1, -0.05) is 51.3 Å². The number of hydrogen-bond donors (Lipinski definition) is 12. The molecule has 0 unspecified atom stereocenters. The molecule has 117 heavy (non-hydrogen) atoms. The summed E-state index contributed by atoms with van der Waals surface area (Å²) in [6, 6.07) is 18.4. The fourth-order valence-electron chi connectivity index (χ4n) is 32.5. The van der Waals surface area contributed by atoms with E-state index in [-0.39, 0.29) is 126 Å². The smallest absolute Gasteiger partial charge is 0.145 e. The van der Waals surface area contributed by atoms with Crippen molar-refractivity contribution in [1.82, 2.24) is 0 Å². The zero-order chi connectivity index (χ0) is 81.9. The van der Waals surface area contributed by atoms with Gasteiger partial charge in [-0.05, 0) is 489 Å². The standard InChI is InChI=1S/C26H36O4.C26H34O4.C26H38O3.C26H36O2/c2*1-15(13-27)21-3-2-16(14-28)7-22(21)25-23(29)8-20(9-24(25)30)26-10-17-4-18(11-26)6-19(5-17)12-26;1-15(2)21-4-3-16(14-27)8-22(21)25-23(28)9-20(10-24(25)29)26-11-17-5-18(12-26)7-19(6-17)13-26;1-16(2)22-5-3-17(15-27)10-24(22)23-6-4-21(11-25(23)28)26-12-18-7-19(13-26)9-20(8-18)14-26/h8-9,16-19,21-22,27-30H,1-7,10-14H2;8-9,13,16-19,21-22,28-30H,1-7,10-12,14H2;9-10,15-19,21-22,27-29H,3-8,11-14H2,1-2H3;4,6,11,17-20,22,24,27-28H,1,3,5,7-10,12-15H2,2H3/t3*16-,17?,18?,19?,21+,22-,26?;17-,18?,19?,20?,22+,24-,26?/m1111/s1. The molecule has 20 aliphatic rings. The van der Waals surface area contributed by atoms with Crippen LogP contribution in [0.25, 0.3) is 0 Å². The average Bonchev–Trinajstić information content (AvgIpc) is 0.738. The molecule has 12 atom stereocenters. The fourth-order valence-corrected chi connectivity index (χ4v) is 32.5. The second-order valence-electron chi connectivity index (χ2n) is 44.3. The number of aromatic hydroxyl groups is 7. The Balaban J connectivity index is 0.000000112. The minimum atomic E-state index is -0.195. The van der Waals surface area contributed by atoms with E-state index in [2.05, 4.69) is 58.7 Å². The van der Waals surface area contributed by atoms with E-state index in [1.807, 2.05) is 36.4 Å². The van der Waals surface area contributed by atoms with Crippen LogP contribution in [0.1, 0.15) is 320 Å². The zero-order valence-corrected chi connectivity index (χ0v) is 71.1. The molecule has 0 spiro atoms. The molecule has 20 saturated carbocycles. The van der Waals surface area contributed by atoms with Crippen molar-refractivity contribution in [2.24, 2.45) is 124 Å². The van der Waals surface area contributed by atoms with E-state index in [4.69, 9.17) is 0 Å². The quantitative estimate of drug-likeness (QED) is 0.0252. The SMILES string of the molecule is C=C(C)[C@@H]1CC[C@@H](CO)C[C@H]1c1ccc(C23CC4CC(CC(C4)C2)C3)cc1O.C=C(C=O)[C@@H]1CC[C@@H](CO)C[C@H]1c1c(O)cc(C23CC4CC(CC(C4)C2)C3)cc1O.C=C(CO)[C@@H]1CC[C@@H](CO)C[C@H]1c1c(O)cc(C23CC4CC(CC(C4)C2)C3)cc1O.CC(C)[C@@H]1CC[C@@H](CO)C[C@H]1c1c(O)cc(C23CC4CC(CC(C4)C2)C3)cc1O. The van der Waals surface area contributed by atoms with Gasteiger partial charge in [-0.25, -0.2) is 0 Å². The summed E-state index contributed by atoms with van der Waals surface area (Å²) in [6.07, 6.45) is 43.0. The average molecular weight is 1600 g/mol. The molecule has 0 saturated heterocycles. The molecule has 638 valence electrons. The molecule has 16 bridgehead atoms. The summed E-state index contributed by atoms with van der Waals surface area (Å²) in [5.41, 5.74) is 11.0. The predicted molar refractivity (Wildman–Crippen MR) is 461 cm³/mol. The monoisotopic (exact) mass is 1600 g/mol. The molecule has 4 aromatic rings. The fraction of sp³-hybridized carbons (Fsp3) is 0.702. The highest BCUT2D eigenvalue weighted by Crippen LogP contribution is 2.68. The minimum absolute atomic E-state index is 0.0139. The maximum Gasteiger partial charge on any atom is 0.145 e. The zero-order valence-electron chi connectivity index (χ0n) is 71.1. The number of allylic oxidation sites excluding steroid dienone is 2. The molecule has 0 heterocycles. The van der Waals surface area contributed by atoms with Gasteiger partial charge in [0.05, 0.1) is 6.61 Å². The number of aliphatic hydroxyl groups is 5. The number of phenolic OH excluding ortho intramolecular Hbond substituents is 7. The van der Waals surface area contributed by atoms with Gasteiger partial charge in [0.25, 0.3) is 0 Å². The molecular formula is C104H144O13. The van der Waals surface area contributed by atoms with Crippen LogP contribution in [0.15, 0.2) is 91.1 Å². The lowest BCUT2D eigenvalue weighted by Crippen LogP contribution is -2.48. The summed E-state index contributed by atoms with van der Waals surface area (Å²) in [4.78, 5) is 11.4. The molecule has 20 aliphatic carbocycles. The first-order valence-corrected chi connectivity index (χ1v) is 47.2. The molecule has 0 radical (unpaired) electrons. The third kappa shape index (κ3) is 16.1. The first-order chi connectivity index (χ1) is 56.2. The molecular weight excluding hydrogens is 1460 g/mol. The first kappa shape index (κ1) is 83.4. The van der Waals surface area contributed by atoms with E-state index in [1.165, 1.54) is 171 Å². The highest BCUT2D eigenvalue weighted by molar-refractivity contribution is 5.73. The van der Waals surface area contributed by atoms with Crippen LogP contribution in [0.2, 0.25) is 0 Å². The lowest BCUT2D eigenvalue weighted by atomic mass is 9.48. The normalized spacial score (nSPS) is 40.7. The summed E-state index contributed by atoms with van der Waals surface area (Å²) in [5.74, 6) is 14.1.